The number of ether oxygens (including phenoxy) is 1. The van der Waals surface area contributed by atoms with Crippen molar-refractivity contribution < 1.29 is 19.2 Å². The molecule has 2 aliphatic carbocycles. The average molecular weight is 528 g/mol. The van der Waals surface area contributed by atoms with Crippen LogP contribution in [0.25, 0.3) is 11.3 Å². The number of piperidine rings is 1. The summed E-state index contributed by atoms with van der Waals surface area (Å²) in [6, 6.07) is 8.88. The van der Waals surface area contributed by atoms with Crippen molar-refractivity contribution in [3.63, 3.8) is 0 Å². The van der Waals surface area contributed by atoms with Crippen molar-refractivity contribution in [1.82, 2.24) is 10.1 Å². The number of aromatic nitrogens is 2. The van der Waals surface area contributed by atoms with Gasteiger partial charge in [-0.2, -0.15) is 0 Å². The lowest BCUT2D eigenvalue weighted by atomic mass is 9.61. The zero-order chi connectivity index (χ0) is 24.9. The van der Waals surface area contributed by atoms with Crippen LogP contribution in [0.1, 0.15) is 66.3 Å². The Balaban J connectivity index is 1.08. The van der Waals surface area contributed by atoms with Crippen LogP contribution in [0.5, 0.6) is 0 Å². The highest BCUT2D eigenvalue weighted by Crippen LogP contribution is 2.52. The molecule has 3 fully saturated rings. The first-order valence-electron chi connectivity index (χ1n) is 12.4. The third-order valence-electron chi connectivity index (χ3n) is 7.91. The number of hydrogen-bond donors (Lipinski definition) is 1. The third kappa shape index (κ3) is 4.49. The van der Waals surface area contributed by atoms with Crippen LogP contribution in [0.4, 0.5) is 5.69 Å². The van der Waals surface area contributed by atoms with Gasteiger partial charge in [0.2, 0.25) is 0 Å². The van der Waals surface area contributed by atoms with Gasteiger partial charge in [0.15, 0.2) is 0 Å². The van der Waals surface area contributed by atoms with Crippen LogP contribution in [-0.4, -0.2) is 40.4 Å². The highest BCUT2D eigenvalue weighted by molar-refractivity contribution is 6.39. The fourth-order valence-electron chi connectivity index (χ4n) is 5.62. The van der Waals surface area contributed by atoms with E-state index in [4.69, 9.17) is 37.6 Å². The Labute approximate surface area is 219 Å². The Morgan fingerprint density at radius 1 is 1.14 bits per heavy atom. The molecule has 3 aromatic rings. The number of pyridine rings is 1. The van der Waals surface area contributed by atoms with E-state index in [1.165, 1.54) is 0 Å². The minimum Gasteiger partial charge on any atom is -0.477 e. The van der Waals surface area contributed by atoms with Crippen molar-refractivity contribution in [3.05, 3.63) is 63.6 Å². The topological polar surface area (TPSA) is 88.7 Å². The Hall–Kier alpha value is -2.61. The van der Waals surface area contributed by atoms with Gasteiger partial charge in [-0.05, 0) is 68.2 Å². The monoisotopic (exact) mass is 527 g/mol. The van der Waals surface area contributed by atoms with E-state index in [1.807, 2.05) is 24.3 Å². The highest BCUT2D eigenvalue weighted by Gasteiger charge is 2.46. The van der Waals surface area contributed by atoms with Gasteiger partial charge in [0.05, 0.1) is 34.6 Å². The summed E-state index contributed by atoms with van der Waals surface area (Å²) in [6.07, 6.45) is 8.36. The Morgan fingerprint density at radius 3 is 2.47 bits per heavy atom. The average Bonchev–Trinajstić information content (AvgIpc) is 3.62. The first kappa shape index (κ1) is 23.8. The van der Waals surface area contributed by atoms with Gasteiger partial charge in [0.1, 0.15) is 17.1 Å². The number of hydrogen-bond acceptors (Lipinski definition) is 6. The molecule has 1 saturated heterocycles. The summed E-state index contributed by atoms with van der Waals surface area (Å²) in [5.74, 6) is 0.310. The van der Waals surface area contributed by atoms with E-state index in [9.17, 15) is 4.79 Å². The van der Waals surface area contributed by atoms with Crippen molar-refractivity contribution in [2.45, 2.75) is 57.2 Å². The van der Waals surface area contributed by atoms with Gasteiger partial charge in [-0.1, -0.05) is 34.4 Å². The van der Waals surface area contributed by atoms with Crippen LogP contribution in [0.2, 0.25) is 10.0 Å². The summed E-state index contributed by atoms with van der Waals surface area (Å²) in [4.78, 5) is 17.4. The smallest absolute Gasteiger partial charge is 0.354 e. The fourth-order valence-corrected chi connectivity index (χ4v) is 6.20. The molecule has 2 saturated carbocycles. The molecule has 0 amide bonds. The van der Waals surface area contributed by atoms with Gasteiger partial charge in [-0.3, -0.25) is 0 Å². The van der Waals surface area contributed by atoms with Gasteiger partial charge in [-0.25, -0.2) is 9.78 Å². The van der Waals surface area contributed by atoms with E-state index in [1.54, 1.807) is 12.3 Å². The molecule has 6 rings (SSSR count). The van der Waals surface area contributed by atoms with Crippen LogP contribution >= 0.6 is 23.2 Å². The zero-order valence-electron chi connectivity index (χ0n) is 19.8. The van der Waals surface area contributed by atoms with E-state index >= 15 is 0 Å². The van der Waals surface area contributed by atoms with E-state index in [0.717, 1.165) is 68.6 Å². The van der Waals surface area contributed by atoms with Gasteiger partial charge in [0, 0.05) is 30.1 Å². The van der Waals surface area contributed by atoms with Crippen molar-refractivity contribution in [1.29, 1.82) is 0 Å². The minimum atomic E-state index is -1.00. The molecular weight excluding hydrogens is 501 g/mol. The summed E-state index contributed by atoms with van der Waals surface area (Å²) in [7, 11) is 0. The molecule has 36 heavy (non-hydrogen) atoms. The highest BCUT2D eigenvalue weighted by atomic mass is 35.5. The second-order valence-electron chi connectivity index (χ2n) is 10.3. The number of nitrogens with zero attached hydrogens (tertiary/aromatic N) is 3. The van der Waals surface area contributed by atoms with Crippen molar-refractivity contribution >= 4 is 34.9 Å². The first-order valence-corrected chi connectivity index (χ1v) is 13.2. The molecule has 0 radical (unpaired) electrons. The summed E-state index contributed by atoms with van der Waals surface area (Å²) in [5, 5.41) is 14.5. The van der Waals surface area contributed by atoms with Gasteiger partial charge < -0.3 is 19.3 Å². The second-order valence-corrected chi connectivity index (χ2v) is 11.1. The van der Waals surface area contributed by atoms with E-state index in [2.05, 4.69) is 15.0 Å². The predicted octanol–water partition coefficient (Wildman–Crippen LogP) is 6.58. The maximum absolute atomic E-state index is 11.0. The van der Waals surface area contributed by atoms with E-state index < -0.39 is 5.97 Å². The van der Waals surface area contributed by atoms with Gasteiger partial charge in [0.25, 0.3) is 0 Å². The number of carboxylic acids is 1. The first-order chi connectivity index (χ1) is 17.4. The van der Waals surface area contributed by atoms with Crippen LogP contribution in [-0.2, 0) is 11.3 Å². The largest absolute Gasteiger partial charge is 0.477 e. The lowest BCUT2D eigenvalue weighted by Crippen LogP contribution is -2.50. The van der Waals surface area contributed by atoms with Crippen molar-refractivity contribution in [3.8, 4) is 11.3 Å². The van der Waals surface area contributed by atoms with Gasteiger partial charge >= 0.3 is 5.97 Å². The molecule has 3 aliphatic rings. The van der Waals surface area contributed by atoms with E-state index in [0.29, 0.717) is 39.2 Å². The SMILES string of the molecule is O=C(O)c1ccc(N2CCC3(CC2)CC(OCc2c(-c4c(Cl)cccc4Cl)noc2C2CC2)C3)cn1. The number of anilines is 1. The van der Waals surface area contributed by atoms with Crippen LogP contribution < -0.4 is 4.90 Å². The normalized spacial score (nSPS) is 19.4. The lowest BCUT2D eigenvalue weighted by Gasteiger charge is -2.52. The lowest BCUT2D eigenvalue weighted by molar-refractivity contribution is -0.0979. The number of halogens is 2. The number of rotatable bonds is 7. The standard InChI is InChI=1S/C27H27Cl2N3O4/c28-20-2-1-3-21(29)23(20)24-19(25(36-31-24)16-4-5-16)15-35-18-12-27(13-18)8-10-32(11-9-27)17-6-7-22(26(33)34)30-14-17/h1-3,6-7,14,16,18H,4-5,8-13,15H2,(H,33,34). The molecule has 2 aromatic heterocycles. The Morgan fingerprint density at radius 2 is 1.86 bits per heavy atom. The third-order valence-corrected chi connectivity index (χ3v) is 8.54. The molecule has 1 aromatic carbocycles. The van der Waals surface area contributed by atoms with Crippen LogP contribution in [0, 0.1) is 5.41 Å². The number of aromatic carboxylic acids is 1. The number of carbonyl (C=O) groups is 1. The molecule has 188 valence electrons. The van der Waals surface area contributed by atoms with E-state index in [-0.39, 0.29) is 11.8 Å². The molecule has 1 spiro atoms. The zero-order valence-corrected chi connectivity index (χ0v) is 21.3. The minimum absolute atomic E-state index is 0.0730. The summed E-state index contributed by atoms with van der Waals surface area (Å²) in [6.45, 7) is 2.32. The number of carboxylic acid groups (broad SMARTS) is 1. The molecular formula is C27H27Cl2N3O4. The van der Waals surface area contributed by atoms with Crippen molar-refractivity contribution in [2.75, 3.05) is 18.0 Å². The summed E-state index contributed by atoms with van der Waals surface area (Å²) >= 11 is 13.0. The van der Waals surface area contributed by atoms with Crippen molar-refractivity contribution in [2.24, 2.45) is 5.41 Å². The van der Waals surface area contributed by atoms with Crippen LogP contribution in [0.15, 0.2) is 41.1 Å². The van der Waals surface area contributed by atoms with Crippen LogP contribution in [0.3, 0.4) is 0 Å². The Kier molecular flexibility index (Phi) is 6.18. The molecule has 0 unspecified atom stereocenters. The molecule has 1 aliphatic heterocycles. The molecule has 9 heteroatoms. The molecule has 1 N–H and O–H groups in total. The Bertz CT molecular complexity index is 1250. The number of benzene rings is 1. The molecule has 7 nitrogen and oxygen atoms in total. The summed E-state index contributed by atoms with van der Waals surface area (Å²) in [5.41, 5.74) is 3.74. The maximum Gasteiger partial charge on any atom is 0.354 e. The van der Waals surface area contributed by atoms with Gasteiger partial charge in [-0.15, -0.1) is 0 Å². The molecule has 0 atom stereocenters. The maximum atomic E-state index is 11.0. The predicted molar refractivity (Wildman–Crippen MR) is 137 cm³/mol. The fraction of sp³-hybridized carbons (Fsp3) is 0.444. The molecule has 3 heterocycles. The second kappa shape index (κ2) is 9.36. The molecule has 0 bridgehead atoms. The quantitative estimate of drug-likeness (QED) is 0.370. The summed E-state index contributed by atoms with van der Waals surface area (Å²) < 4.78 is 12.2.